The Hall–Kier alpha value is -11.9. The van der Waals surface area contributed by atoms with E-state index in [1.165, 1.54) is 0 Å². The molecule has 0 radical (unpaired) electrons. The Kier molecular flexibility index (Phi) is 39.4. The highest BCUT2D eigenvalue weighted by Gasteiger charge is 2.38. The van der Waals surface area contributed by atoms with E-state index in [-0.39, 0.29) is 126 Å². The van der Waals surface area contributed by atoms with Crippen LogP contribution in [-0.4, -0.2) is 152 Å². The maximum atomic E-state index is 15.5. The van der Waals surface area contributed by atoms with Crippen molar-refractivity contribution in [3.8, 4) is 0 Å². The Morgan fingerprint density at radius 2 is 0.518 bits per heavy atom. The predicted octanol–water partition coefficient (Wildman–Crippen LogP) is 5.03. The van der Waals surface area contributed by atoms with Gasteiger partial charge in [-0.2, -0.15) is 0 Å². The lowest BCUT2D eigenvalue weighted by Gasteiger charge is -2.28. The highest BCUT2D eigenvalue weighted by atomic mass is 16.2. The van der Waals surface area contributed by atoms with Gasteiger partial charge < -0.3 is 76.1 Å². The number of benzene rings is 6. The first kappa shape index (κ1) is 90.9. The largest absolute Gasteiger partial charge is 0.370 e. The number of amides is 5. The van der Waals surface area contributed by atoms with Crippen molar-refractivity contribution in [3.05, 3.63) is 215 Å². The Balaban J connectivity index is 1.33. The molecule has 6 aromatic rings. The summed E-state index contributed by atoms with van der Waals surface area (Å²) in [5, 5.41) is 59.7. The fraction of sp³-hybridized carbons (Fsp3) is 0.419. The number of nitrogens with two attached hydrogens (primary N) is 4. The molecule has 0 spiro atoms. The molecule has 0 bridgehead atoms. The van der Waals surface area contributed by atoms with Gasteiger partial charge in [0.05, 0.1) is 24.2 Å². The minimum absolute atomic E-state index is 0.0233. The topological polar surface area (TPSA) is 490 Å². The summed E-state index contributed by atoms with van der Waals surface area (Å²) in [6.45, 7) is 4.38. The van der Waals surface area contributed by atoms with Crippen LogP contribution < -0.4 is 76.1 Å². The highest BCUT2D eigenvalue weighted by molar-refractivity contribution is 5.99. The van der Waals surface area contributed by atoms with Crippen LogP contribution >= 0.6 is 0 Å². The second-order valence-corrected chi connectivity index (χ2v) is 29.2. The van der Waals surface area contributed by atoms with Crippen LogP contribution in [0.3, 0.4) is 0 Å². The van der Waals surface area contributed by atoms with Crippen molar-refractivity contribution in [1.82, 2.24) is 53.2 Å². The molecule has 10 unspecified atom stereocenters. The highest BCUT2D eigenvalue weighted by Crippen LogP contribution is 2.25. The molecule has 5 amide bonds. The molecule has 22 N–H and O–H groups in total. The molecule has 6 rings (SSSR count). The molecule has 10 atom stereocenters. The van der Waals surface area contributed by atoms with E-state index in [1.807, 2.05) is 48.5 Å². The summed E-state index contributed by atoms with van der Waals surface area (Å²) in [6, 6.07) is 46.7. The Bertz CT molecular complexity index is 4090. The second kappa shape index (κ2) is 49.4. The summed E-state index contributed by atoms with van der Waals surface area (Å²) in [5.74, 6) is -11.0. The van der Waals surface area contributed by atoms with Crippen LogP contribution in [0.2, 0.25) is 0 Å². The number of hydrogen-bond donors (Lipinski definition) is 18. The van der Waals surface area contributed by atoms with Crippen LogP contribution in [0.1, 0.15) is 124 Å². The van der Waals surface area contributed by atoms with E-state index >= 15 is 28.8 Å². The summed E-state index contributed by atoms with van der Waals surface area (Å²) in [4.78, 5) is 150. The smallest absolute Gasteiger partial charge is 0.243 e. The van der Waals surface area contributed by atoms with Crippen molar-refractivity contribution in [2.24, 2.45) is 52.5 Å². The molecule has 0 aliphatic rings. The molecule has 0 heterocycles. The van der Waals surface area contributed by atoms with Gasteiger partial charge >= 0.3 is 0 Å². The zero-order chi connectivity index (χ0) is 82.7. The third-order valence-electron chi connectivity index (χ3n) is 19.8. The van der Waals surface area contributed by atoms with E-state index in [0.29, 0.717) is 61.0 Å². The van der Waals surface area contributed by atoms with Gasteiger partial charge in [-0.25, -0.2) is 0 Å². The lowest BCUT2D eigenvalue weighted by Crippen LogP contribution is -2.55. The number of ketones is 5. The lowest BCUT2D eigenvalue weighted by atomic mass is 9.84. The van der Waals surface area contributed by atoms with Gasteiger partial charge in [0.1, 0.15) is 17.9 Å². The third kappa shape index (κ3) is 34.0. The van der Waals surface area contributed by atoms with E-state index in [1.54, 1.807) is 154 Å². The number of carbonyl (C=O) groups is 10. The standard InChI is InChI=1S/C86H116N18O10/c1-56(2)77(109)63(38-22-42-96-83(87)88)52-76(108)70(49-60-32-16-7-17-33-60)102-78(110)65(47-58-28-12-5-13-29-58)54-74(106)68(40-24-44-98-85(91)92)100-82(114)72(51-62-36-20-9-21-37-62)104-80(112)66(48-59-30-14-6-15-31-59)55-75(107)69(41-25-45-99-86(93)94)101-81(113)71(50-61-34-18-8-19-35-61)103-79(111)64(46-57-26-10-4-11-27-57)53-73(105)67(95-3)39-23-43-97-84(89)90/h4-21,26-37,56,63-72,95H,22-25,38-55H2,1-3H3,(H,100,114)(H,101,113)(H,102,110)(H,103,111)(H,104,112)(H4,87,88,96)(H4,89,90,97)(H4,91,92,98)(H4,93,94,99). The Morgan fingerprint density at radius 1 is 0.289 bits per heavy atom. The van der Waals surface area contributed by atoms with E-state index in [0.717, 1.165) is 11.1 Å². The maximum absolute atomic E-state index is 15.5. The summed E-state index contributed by atoms with van der Waals surface area (Å²) in [5.41, 5.74) is 26.5. The molecule has 114 heavy (non-hydrogen) atoms. The van der Waals surface area contributed by atoms with Crippen molar-refractivity contribution in [1.29, 1.82) is 21.6 Å². The first-order valence-electron chi connectivity index (χ1n) is 39.1. The Morgan fingerprint density at radius 3 is 0.798 bits per heavy atom. The van der Waals surface area contributed by atoms with Crippen LogP contribution in [0.4, 0.5) is 0 Å². The van der Waals surface area contributed by atoms with E-state index in [9.17, 15) is 19.2 Å². The number of nitrogens with one attached hydrogen (secondary N) is 14. The third-order valence-corrected chi connectivity index (χ3v) is 19.8. The first-order chi connectivity index (χ1) is 54.7. The van der Waals surface area contributed by atoms with Crippen LogP contribution in [0.25, 0.3) is 0 Å². The van der Waals surface area contributed by atoms with Crippen LogP contribution in [0.5, 0.6) is 0 Å². The van der Waals surface area contributed by atoms with Gasteiger partial charge in [-0.05, 0) is 117 Å². The van der Waals surface area contributed by atoms with Gasteiger partial charge in [-0.3, -0.25) is 69.6 Å². The minimum atomic E-state index is -1.42. The summed E-state index contributed by atoms with van der Waals surface area (Å²) < 4.78 is 0. The fourth-order valence-corrected chi connectivity index (χ4v) is 13.7. The number of Topliss-reactive ketones (excluding diaryl/α,β-unsaturated/α-hetero) is 5. The number of rotatable bonds is 53. The maximum Gasteiger partial charge on any atom is 0.243 e. The zero-order valence-corrected chi connectivity index (χ0v) is 65.6. The van der Waals surface area contributed by atoms with Crippen LogP contribution in [0, 0.1) is 51.2 Å². The number of guanidine groups is 4. The second-order valence-electron chi connectivity index (χ2n) is 29.2. The normalized spacial score (nSPS) is 13.7. The average Bonchev–Trinajstić information content (AvgIpc) is 0.847. The molecule has 0 fully saturated rings. The van der Waals surface area contributed by atoms with E-state index in [2.05, 4.69) is 53.2 Å². The van der Waals surface area contributed by atoms with Gasteiger partial charge in [0.15, 0.2) is 47.0 Å². The molecule has 0 saturated carbocycles. The van der Waals surface area contributed by atoms with Gasteiger partial charge in [0, 0.05) is 94.3 Å². The fourth-order valence-electron chi connectivity index (χ4n) is 13.7. The SMILES string of the molecule is CNC(CCCNC(=N)N)C(=O)CC(Cc1ccccc1)C(=O)NC(Cc1ccccc1)C(=O)NC(CCCNC(=N)N)C(=O)CC(Cc1ccccc1)C(=O)NC(Cc1ccccc1)C(=O)NC(CCCNC(=N)N)C(=O)CC(Cc1ccccc1)C(=O)NC(Cc1ccccc1)C(=O)CC(CCCNC(=N)N)C(=O)C(C)C. The molecule has 6 aromatic carbocycles. The van der Waals surface area contributed by atoms with Crippen molar-refractivity contribution in [3.63, 3.8) is 0 Å². The van der Waals surface area contributed by atoms with Crippen LogP contribution in [-0.2, 0) is 86.5 Å². The molecule has 28 heteroatoms. The lowest BCUT2D eigenvalue weighted by molar-refractivity contribution is -0.136. The summed E-state index contributed by atoms with van der Waals surface area (Å²) >= 11 is 0. The van der Waals surface area contributed by atoms with Gasteiger partial charge in [0.2, 0.25) is 29.5 Å². The van der Waals surface area contributed by atoms with Gasteiger partial charge in [-0.15, -0.1) is 0 Å². The van der Waals surface area contributed by atoms with Crippen molar-refractivity contribution in [2.75, 3.05) is 33.2 Å². The molecule has 28 nitrogen and oxygen atoms in total. The first-order valence-corrected chi connectivity index (χ1v) is 39.1. The Labute approximate surface area is 668 Å². The van der Waals surface area contributed by atoms with Crippen LogP contribution in [0.15, 0.2) is 182 Å². The minimum Gasteiger partial charge on any atom is -0.370 e. The molecular formula is C86H116N18O10. The van der Waals surface area contributed by atoms with E-state index < -0.39 is 126 Å². The predicted molar refractivity (Wildman–Crippen MR) is 442 cm³/mol. The molecule has 0 aromatic heterocycles. The summed E-state index contributed by atoms with van der Waals surface area (Å²) in [6.07, 6.45) is 0.562. The van der Waals surface area contributed by atoms with Crippen molar-refractivity contribution < 1.29 is 47.9 Å². The van der Waals surface area contributed by atoms with Crippen molar-refractivity contribution in [2.45, 2.75) is 166 Å². The molecule has 0 aliphatic carbocycles. The number of hydrogen-bond acceptors (Lipinski definition) is 15. The monoisotopic (exact) mass is 1560 g/mol. The number of carbonyl (C=O) groups excluding carboxylic acids is 10. The average molecular weight is 1560 g/mol. The number of likely N-dealkylation sites (N-methyl/N-ethyl adjacent to an activating group) is 1. The molecule has 0 aliphatic heterocycles. The van der Waals surface area contributed by atoms with Gasteiger partial charge in [-0.1, -0.05) is 196 Å². The summed E-state index contributed by atoms with van der Waals surface area (Å²) in [7, 11) is 1.65. The molecular weight excluding hydrogens is 1450 g/mol. The van der Waals surface area contributed by atoms with Gasteiger partial charge in [0.25, 0.3) is 0 Å². The van der Waals surface area contributed by atoms with Crippen molar-refractivity contribution >= 4 is 82.3 Å². The van der Waals surface area contributed by atoms with E-state index in [4.69, 9.17) is 44.6 Å². The zero-order valence-electron chi connectivity index (χ0n) is 65.6. The molecule has 0 saturated heterocycles. The quantitative estimate of drug-likeness (QED) is 0.0135. The molecule has 610 valence electrons.